The molecular formula is C16H20N4O3S. The Bertz CT molecular complexity index is 847. The summed E-state index contributed by atoms with van der Waals surface area (Å²) in [5.74, 6) is 2.56. The quantitative estimate of drug-likeness (QED) is 0.780. The monoisotopic (exact) mass is 348 g/mol. The topological polar surface area (TPSA) is 76.0 Å². The molecule has 1 aliphatic heterocycles. The zero-order valence-electron chi connectivity index (χ0n) is 13.7. The standard InChI is InChI=1S/C16H20N4O3S/c1-3-12-17-16-20(18-12)15(21)14(24-16)13(11-5-4-10(2)23-11)19-6-8-22-9-7-19/h4-5,13,21H,3,6-9H2,1-2H3. The first-order chi connectivity index (χ1) is 11.7. The highest BCUT2D eigenvalue weighted by Crippen LogP contribution is 2.40. The van der Waals surface area contributed by atoms with Crippen molar-refractivity contribution in [3.8, 4) is 5.88 Å². The maximum atomic E-state index is 10.7. The van der Waals surface area contributed by atoms with Crippen LogP contribution in [0.15, 0.2) is 16.5 Å². The molecule has 1 fully saturated rings. The highest BCUT2D eigenvalue weighted by molar-refractivity contribution is 7.17. The molecule has 0 spiro atoms. The molecule has 128 valence electrons. The van der Waals surface area contributed by atoms with E-state index >= 15 is 0 Å². The van der Waals surface area contributed by atoms with Crippen LogP contribution in [0.25, 0.3) is 4.96 Å². The van der Waals surface area contributed by atoms with Gasteiger partial charge in [0.15, 0.2) is 5.82 Å². The molecule has 3 aromatic rings. The first kappa shape index (κ1) is 15.6. The molecule has 0 aromatic carbocycles. The third-order valence-corrected chi connectivity index (χ3v) is 5.32. The van der Waals surface area contributed by atoms with Crippen molar-refractivity contribution in [1.82, 2.24) is 19.5 Å². The van der Waals surface area contributed by atoms with Gasteiger partial charge in [0.1, 0.15) is 17.6 Å². The minimum atomic E-state index is -0.152. The van der Waals surface area contributed by atoms with Crippen LogP contribution in [0.3, 0.4) is 0 Å². The number of aryl methyl sites for hydroxylation is 2. The van der Waals surface area contributed by atoms with Gasteiger partial charge in [-0.15, -0.1) is 5.10 Å². The molecule has 1 saturated heterocycles. The summed E-state index contributed by atoms with van der Waals surface area (Å²) >= 11 is 1.46. The fourth-order valence-electron chi connectivity index (χ4n) is 3.03. The van der Waals surface area contributed by atoms with Crippen molar-refractivity contribution in [3.63, 3.8) is 0 Å². The molecule has 3 aromatic heterocycles. The number of furan rings is 1. The number of ether oxygens (including phenoxy) is 1. The van der Waals surface area contributed by atoms with Gasteiger partial charge in [0.2, 0.25) is 10.8 Å². The van der Waals surface area contributed by atoms with Gasteiger partial charge in [0.25, 0.3) is 0 Å². The van der Waals surface area contributed by atoms with Crippen molar-refractivity contribution in [2.75, 3.05) is 26.3 Å². The van der Waals surface area contributed by atoms with Crippen LogP contribution in [0, 0.1) is 6.92 Å². The fraction of sp³-hybridized carbons (Fsp3) is 0.500. The van der Waals surface area contributed by atoms with Gasteiger partial charge in [0, 0.05) is 19.5 Å². The molecule has 7 nitrogen and oxygen atoms in total. The number of aromatic hydroxyl groups is 1. The van der Waals surface area contributed by atoms with Gasteiger partial charge < -0.3 is 14.3 Å². The Morgan fingerprint density at radius 1 is 1.33 bits per heavy atom. The Labute approximate surface area is 143 Å². The second kappa shape index (κ2) is 6.19. The number of thiazole rings is 1. The highest BCUT2D eigenvalue weighted by Gasteiger charge is 2.32. The fourth-order valence-corrected chi connectivity index (χ4v) is 4.15. The molecule has 1 atom stereocenters. The Morgan fingerprint density at radius 3 is 2.75 bits per heavy atom. The molecule has 1 unspecified atom stereocenters. The molecule has 4 rings (SSSR count). The van der Waals surface area contributed by atoms with Gasteiger partial charge in [-0.3, -0.25) is 4.90 Å². The lowest BCUT2D eigenvalue weighted by Gasteiger charge is -2.32. The van der Waals surface area contributed by atoms with Crippen LogP contribution in [0.1, 0.15) is 35.2 Å². The Kier molecular flexibility index (Phi) is 4.03. The number of hydrogen-bond acceptors (Lipinski definition) is 7. The third-order valence-electron chi connectivity index (χ3n) is 4.25. The molecule has 24 heavy (non-hydrogen) atoms. The highest BCUT2D eigenvalue weighted by atomic mass is 32.1. The van der Waals surface area contributed by atoms with E-state index in [1.807, 2.05) is 26.0 Å². The predicted octanol–water partition coefficient (Wildman–Crippen LogP) is 2.38. The van der Waals surface area contributed by atoms with E-state index in [0.29, 0.717) is 18.2 Å². The second-order valence-corrected chi connectivity index (χ2v) is 6.87. The Balaban J connectivity index is 1.80. The summed E-state index contributed by atoms with van der Waals surface area (Å²) in [5, 5.41) is 15.1. The van der Waals surface area contributed by atoms with Crippen LogP contribution in [0.4, 0.5) is 0 Å². The first-order valence-corrected chi connectivity index (χ1v) is 8.94. The van der Waals surface area contributed by atoms with E-state index in [0.717, 1.165) is 41.7 Å². The van der Waals surface area contributed by atoms with E-state index in [1.54, 1.807) is 0 Å². The second-order valence-electron chi connectivity index (χ2n) is 5.87. The number of fused-ring (bicyclic) bond motifs is 1. The number of morpholine rings is 1. The predicted molar refractivity (Wildman–Crippen MR) is 89.6 cm³/mol. The number of hydrogen-bond donors (Lipinski definition) is 1. The van der Waals surface area contributed by atoms with Gasteiger partial charge >= 0.3 is 0 Å². The van der Waals surface area contributed by atoms with Crippen LogP contribution in [-0.4, -0.2) is 50.9 Å². The Hall–Kier alpha value is -1.90. The van der Waals surface area contributed by atoms with Crippen molar-refractivity contribution < 1.29 is 14.3 Å². The van der Waals surface area contributed by atoms with Crippen molar-refractivity contribution >= 4 is 16.3 Å². The van der Waals surface area contributed by atoms with Crippen LogP contribution >= 0.6 is 11.3 Å². The number of nitrogens with zero attached hydrogens (tertiary/aromatic N) is 4. The largest absolute Gasteiger partial charge is 0.492 e. The van der Waals surface area contributed by atoms with E-state index < -0.39 is 0 Å². The third kappa shape index (κ3) is 2.60. The van der Waals surface area contributed by atoms with Crippen LogP contribution < -0.4 is 0 Å². The van der Waals surface area contributed by atoms with Crippen molar-refractivity contribution in [2.45, 2.75) is 26.3 Å². The van der Waals surface area contributed by atoms with Crippen molar-refractivity contribution in [1.29, 1.82) is 0 Å². The summed E-state index contributed by atoms with van der Waals surface area (Å²) in [6, 6.07) is 3.77. The zero-order chi connectivity index (χ0) is 16.7. The smallest absolute Gasteiger partial charge is 0.230 e. The average molecular weight is 348 g/mol. The molecule has 0 saturated carbocycles. The molecule has 1 N–H and O–H groups in total. The van der Waals surface area contributed by atoms with Gasteiger partial charge in [-0.2, -0.15) is 4.52 Å². The lowest BCUT2D eigenvalue weighted by Crippen LogP contribution is -2.39. The molecular weight excluding hydrogens is 328 g/mol. The number of aromatic nitrogens is 3. The van der Waals surface area contributed by atoms with Crippen LogP contribution in [0.2, 0.25) is 0 Å². The first-order valence-electron chi connectivity index (χ1n) is 8.12. The van der Waals surface area contributed by atoms with E-state index in [9.17, 15) is 5.11 Å². The van der Waals surface area contributed by atoms with Gasteiger partial charge in [-0.1, -0.05) is 18.3 Å². The SMILES string of the molecule is CCc1nc2sc(C(c3ccc(C)o3)N3CCOCC3)c(O)n2n1. The molecule has 8 heteroatoms. The lowest BCUT2D eigenvalue weighted by molar-refractivity contribution is 0.0202. The van der Waals surface area contributed by atoms with E-state index in [-0.39, 0.29) is 11.9 Å². The zero-order valence-corrected chi connectivity index (χ0v) is 14.5. The van der Waals surface area contributed by atoms with Crippen molar-refractivity contribution in [3.05, 3.63) is 34.4 Å². The van der Waals surface area contributed by atoms with Gasteiger partial charge in [-0.05, 0) is 19.1 Å². The van der Waals surface area contributed by atoms with E-state index in [1.165, 1.54) is 15.9 Å². The summed E-state index contributed by atoms with van der Waals surface area (Å²) in [7, 11) is 0. The molecule has 0 bridgehead atoms. The summed E-state index contributed by atoms with van der Waals surface area (Å²) < 4.78 is 12.9. The maximum absolute atomic E-state index is 10.7. The van der Waals surface area contributed by atoms with Crippen LogP contribution in [-0.2, 0) is 11.2 Å². The van der Waals surface area contributed by atoms with E-state index in [2.05, 4.69) is 15.0 Å². The lowest BCUT2D eigenvalue weighted by atomic mass is 10.1. The minimum absolute atomic E-state index is 0.146. The van der Waals surface area contributed by atoms with Gasteiger partial charge in [0.05, 0.1) is 18.1 Å². The average Bonchev–Trinajstić information content (AvgIpc) is 3.27. The summed E-state index contributed by atoms with van der Waals surface area (Å²) in [4.78, 5) is 8.27. The molecule has 0 amide bonds. The molecule has 4 heterocycles. The summed E-state index contributed by atoms with van der Waals surface area (Å²) in [6.45, 7) is 6.86. The molecule has 1 aliphatic rings. The van der Waals surface area contributed by atoms with Gasteiger partial charge in [-0.25, -0.2) is 4.98 Å². The Morgan fingerprint density at radius 2 is 2.12 bits per heavy atom. The number of rotatable bonds is 4. The summed E-state index contributed by atoms with van der Waals surface area (Å²) in [6.07, 6.45) is 0.743. The molecule has 0 aliphatic carbocycles. The van der Waals surface area contributed by atoms with Crippen LogP contribution in [0.5, 0.6) is 5.88 Å². The van der Waals surface area contributed by atoms with Crippen molar-refractivity contribution in [2.24, 2.45) is 0 Å². The minimum Gasteiger partial charge on any atom is -0.492 e. The molecule has 0 radical (unpaired) electrons. The maximum Gasteiger partial charge on any atom is 0.230 e. The van der Waals surface area contributed by atoms with E-state index in [4.69, 9.17) is 9.15 Å². The summed E-state index contributed by atoms with van der Waals surface area (Å²) in [5.41, 5.74) is 0. The normalized spacial score (nSPS) is 17.6.